The first-order valence-electron chi connectivity index (χ1n) is 8.76. The van der Waals surface area contributed by atoms with Crippen molar-refractivity contribution in [2.24, 2.45) is 16.8 Å². The van der Waals surface area contributed by atoms with E-state index in [0.29, 0.717) is 45.1 Å². The van der Waals surface area contributed by atoms with Gasteiger partial charge in [0.25, 0.3) is 0 Å². The van der Waals surface area contributed by atoms with Gasteiger partial charge >= 0.3 is 6.03 Å². The molecule has 7 nitrogen and oxygen atoms in total. The number of hydrogen-bond acceptors (Lipinski definition) is 4. The summed E-state index contributed by atoms with van der Waals surface area (Å²) in [5, 5.41) is 4.02. The SMILES string of the molecule is NCCCCCC(=O)N1CCN(C(=O)N/N=C/C2CCC2)CC1. The van der Waals surface area contributed by atoms with Crippen molar-refractivity contribution in [2.75, 3.05) is 32.7 Å². The molecular weight excluding hydrogens is 294 g/mol. The summed E-state index contributed by atoms with van der Waals surface area (Å²) in [6, 6.07) is -0.171. The normalized spacial score (nSPS) is 19.0. The molecule has 1 heterocycles. The lowest BCUT2D eigenvalue weighted by atomic mass is 9.87. The van der Waals surface area contributed by atoms with Gasteiger partial charge in [0.15, 0.2) is 0 Å². The van der Waals surface area contributed by atoms with E-state index in [2.05, 4.69) is 10.5 Å². The number of nitrogens with zero attached hydrogens (tertiary/aromatic N) is 3. The monoisotopic (exact) mass is 323 g/mol. The van der Waals surface area contributed by atoms with E-state index in [-0.39, 0.29) is 11.9 Å². The van der Waals surface area contributed by atoms with Gasteiger partial charge in [-0.1, -0.05) is 12.8 Å². The second-order valence-corrected chi connectivity index (χ2v) is 6.35. The van der Waals surface area contributed by atoms with Crippen LogP contribution in [0.4, 0.5) is 4.79 Å². The third-order valence-corrected chi connectivity index (χ3v) is 4.61. The minimum atomic E-state index is -0.171. The molecule has 0 radical (unpaired) electrons. The number of nitrogens with one attached hydrogen (secondary N) is 1. The number of urea groups is 1. The molecule has 130 valence electrons. The molecule has 3 N–H and O–H groups in total. The van der Waals surface area contributed by atoms with E-state index >= 15 is 0 Å². The molecule has 1 aliphatic carbocycles. The molecule has 2 rings (SSSR count). The Morgan fingerprint density at radius 3 is 2.39 bits per heavy atom. The van der Waals surface area contributed by atoms with Gasteiger partial charge in [-0.05, 0) is 38.1 Å². The first kappa shape index (κ1) is 17.7. The summed E-state index contributed by atoms with van der Waals surface area (Å²) in [5.74, 6) is 0.717. The second-order valence-electron chi connectivity index (χ2n) is 6.35. The fraction of sp³-hybridized carbons (Fsp3) is 0.812. The van der Waals surface area contributed by atoms with Crippen molar-refractivity contribution in [3.05, 3.63) is 0 Å². The molecular formula is C16H29N5O2. The van der Waals surface area contributed by atoms with Crippen LogP contribution in [0.3, 0.4) is 0 Å². The lowest BCUT2D eigenvalue weighted by Crippen LogP contribution is -2.52. The summed E-state index contributed by atoms with van der Waals surface area (Å²) < 4.78 is 0. The minimum absolute atomic E-state index is 0.171. The number of amides is 3. The summed E-state index contributed by atoms with van der Waals surface area (Å²) >= 11 is 0. The van der Waals surface area contributed by atoms with Gasteiger partial charge in [-0.25, -0.2) is 10.2 Å². The molecule has 0 aromatic carbocycles. The van der Waals surface area contributed by atoms with E-state index in [0.717, 1.165) is 19.3 Å². The minimum Gasteiger partial charge on any atom is -0.339 e. The number of carbonyl (C=O) groups excluding carboxylic acids is 2. The number of hydrazone groups is 1. The molecule has 0 atom stereocenters. The number of nitrogens with two attached hydrogens (primary N) is 1. The molecule has 2 fully saturated rings. The highest BCUT2D eigenvalue weighted by atomic mass is 16.2. The van der Waals surface area contributed by atoms with E-state index in [1.54, 1.807) is 4.90 Å². The summed E-state index contributed by atoms with van der Waals surface area (Å²) in [6.45, 7) is 3.04. The molecule has 1 saturated heterocycles. The Balaban J connectivity index is 1.61. The number of rotatable bonds is 7. The zero-order valence-electron chi connectivity index (χ0n) is 13.9. The van der Waals surface area contributed by atoms with Gasteiger partial charge in [-0.2, -0.15) is 5.10 Å². The molecule has 0 aromatic heterocycles. The zero-order chi connectivity index (χ0) is 16.5. The van der Waals surface area contributed by atoms with E-state index in [9.17, 15) is 9.59 Å². The predicted octanol–water partition coefficient (Wildman–Crippen LogP) is 1.15. The Morgan fingerprint density at radius 1 is 1.09 bits per heavy atom. The molecule has 1 saturated carbocycles. The topological polar surface area (TPSA) is 91.0 Å². The van der Waals surface area contributed by atoms with Gasteiger partial charge in [0.05, 0.1) is 0 Å². The van der Waals surface area contributed by atoms with Gasteiger partial charge in [0.2, 0.25) is 5.91 Å². The summed E-state index contributed by atoms with van der Waals surface area (Å²) in [7, 11) is 0. The lowest BCUT2D eigenvalue weighted by molar-refractivity contribution is -0.132. The zero-order valence-corrected chi connectivity index (χ0v) is 13.9. The van der Waals surface area contributed by atoms with E-state index in [1.807, 2.05) is 11.1 Å². The molecule has 2 aliphatic rings. The molecule has 0 spiro atoms. The number of carbonyl (C=O) groups is 2. The fourth-order valence-electron chi connectivity index (χ4n) is 2.77. The summed E-state index contributed by atoms with van der Waals surface area (Å²) in [6.07, 6.45) is 8.89. The van der Waals surface area contributed by atoms with Crippen molar-refractivity contribution < 1.29 is 9.59 Å². The number of unbranched alkanes of at least 4 members (excludes halogenated alkanes) is 2. The van der Waals surface area contributed by atoms with Gasteiger partial charge < -0.3 is 15.5 Å². The van der Waals surface area contributed by atoms with Gasteiger partial charge in [0.1, 0.15) is 0 Å². The first-order chi connectivity index (χ1) is 11.2. The first-order valence-corrected chi connectivity index (χ1v) is 8.76. The number of hydrogen-bond donors (Lipinski definition) is 2. The fourth-order valence-corrected chi connectivity index (χ4v) is 2.77. The van der Waals surface area contributed by atoms with E-state index in [1.165, 1.54) is 19.3 Å². The second kappa shape index (κ2) is 9.50. The van der Waals surface area contributed by atoms with E-state index < -0.39 is 0 Å². The predicted molar refractivity (Wildman–Crippen MR) is 90.0 cm³/mol. The molecule has 0 aromatic rings. The van der Waals surface area contributed by atoms with Crippen molar-refractivity contribution in [1.82, 2.24) is 15.2 Å². The molecule has 0 bridgehead atoms. The Labute approximate surface area is 138 Å². The Hall–Kier alpha value is -1.63. The van der Waals surface area contributed by atoms with Crippen LogP contribution < -0.4 is 11.2 Å². The van der Waals surface area contributed by atoms with E-state index in [4.69, 9.17) is 5.73 Å². The van der Waals surface area contributed by atoms with Crippen LogP contribution in [0, 0.1) is 5.92 Å². The molecule has 0 unspecified atom stereocenters. The lowest BCUT2D eigenvalue weighted by Gasteiger charge is -2.34. The number of piperazine rings is 1. The quantitative estimate of drug-likeness (QED) is 0.418. The highest BCUT2D eigenvalue weighted by molar-refractivity contribution is 5.78. The van der Waals surface area contributed by atoms with Crippen LogP contribution in [0.1, 0.15) is 44.9 Å². The maximum Gasteiger partial charge on any atom is 0.337 e. The van der Waals surface area contributed by atoms with Crippen LogP contribution >= 0.6 is 0 Å². The van der Waals surface area contributed by atoms with Crippen molar-refractivity contribution >= 4 is 18.2 Å². The van der Waals surface area contributed by atoms with Crippen LogP contribution in [0.2, 0.25) is 0 Å². The third kappa shape index (κ3) is 5.82. The summed E-state index contributed by atoms with van der Waals surface area (Å²) in [4.78, 5) is 27.6. The van der Waals surface area contributed by atoms with Crippen LogP contribution in [0.25, 0.3) is 0 Å². The van der Waals surface area contributed by atoms with Gasteiger partial charge in [-0.3, -0.25) is 4.79 Å². The van der Waals surface area contributed by atoms with Crippen molar-refractivity contribution in [1.29, 1.82) is 0 Å². The van der Waals surface area contributed by atoms with Crippen LogP contribution in [0.15, 0.2) is 5.10 Å². The molecule has 23 heavy (non-hydrogen) atoms. The Bertz CT molecular complexity index is 415. The average Bonchev–Trinajstić information content (AvgIpc) is 2.53. The standard InChI is InChI=1S/C16H29N5O2/c17-8-3-1-2-7-15(22)20-9-11-21(12-10-20)16(23)19-18-13-14-5-4-6-14/h13-14H,1-12,17H2,(H,19,23)/b18-13+. The third-order valence-electron chi connectivity index (χ3n) is 4.61. The Morgan fingerprint density at radius 2 is 1.78 bits per heavy atom. The van der Waals surface area contributed by atoms with Crippen LogP contribution in [-0.4, -0.2) is 60.7 Å². The van der Waals surface area contributed by atoms with Crippen molar-refractivity contribution in [2.45, 2.75) is 44.9 Å². The maximum atomic E-state index is 12.1. The largest absolute Gasteiger partial charge is 0.339 e. The molecule has 3 amide bonds. The highest BCUT2D eigenvalue weighted by Crippen LogP contribution is 2.23. The Kier molecular flexibility index (Phi) is 7.32. The highest BCUT2D eigenvalue weighted by Gasteiger charge is 2.23. The summed E-state index contributed by atoms with van der Waals surface area (Å²) in [5.41, 5.74) is 8.03. The smallest absolute Gasteiger partial charge is 0.337 e. The van der Waals surface area contributed by atoms with Gasteiger partial charge in [-0.15, -0.1) is 0 Å². The van der Waals surface area contributed by atoms with Crippen LogP contribution in [-0.2, 0) is 4.79 Å². The molecule has 1 aliphatic heterocycles. The maximum absolute atomic E-state index is 12.1. The van der Waals surface area contributed by atoms with Crippen LogP contribution in [0.5, 0.6) is 0 Å². The van der Waals surface area contributed by atoms with Crippen molar-refractivity contribution in [3.63, 3.8) is 0 Å². The van der Waals surface area contributed by atoms with Crippen molar-refractivity contribution in [3.8, 4) is 0 Å². The molecule has 7 heteroatoms. The average molecular weight is 323 g/mol. The van der Waals surface area contributed by atoms with Gasteiger partial charge in [0, 0.05) is 38.8 Å².